The molecular formula is C82H103N21O15P2. The second-order valence-corrected chi connectivity index (χ2v) is 34.7. The number of ketones is 1. The fourth-order valence-corrected chi connectivity index (χ4v) is 14.9. The van der Waals surface area contributed by atoms with E-state index >= 15 is 0 Å². The molecule has 36 nitrogen and oxygen atoms in total. The Bertz CT molecular complexity index is 6360. The molecule has 8 aliphatic heterocycles. The van der Waals surface area contributed by atoms with E-state index in [0.29, 0.717) is 126 Å². The average molecular weight is 1680 g/mol. The van der Waals surface area contributed by atoms with Gasteiger partial charge in [0.2, 0.25) is 5.91 Å². The van der Waals surface area contributed by atoms with Crippen LogP contribution in [0.4, 0.5) is 5.69 Å². The zero-order valence-corrected chi connectivity index (χ0v) is 71.0. The summed E-state index contributed by atoms with van der Waals surface area (Å²) in [7, 11) is -0.494. The Morgan fingerprint density at radius 1 is 0.450 bits per heavy atom. The lowest BCUT2D eigenvalue weighted by atomic mass is 10.1. The SMILES string of the molecule is C=P(O)(O)CCNCCn1c2nc(=O)[nH]c(=O)c-2nc2cc(C)c(C)cc21.CNC(=O)CCCNCCn1c2nc(=O)[nH]c(=O)c-2nc2cc(C)c(C)cc21.Cc1cc2nc3c(=O)[nH]c(=O)nc-3n(CCCCCCP(C)(=O)O)c2cc1N(C)C.Cc1cc2nc3c(=O)[nH]c(=O)nc-3n(CCNCCCC(=O)COCc3ccccc3)c2cc1C. The number of aromatic nitrogens is 16. The number of nitrogens with one attached hydrogen (secondary N) is 8. The van der Waals surface area contributed by atoms with Crippen molar-refractivity contribution in [2.75, 3.05) is 90.9 Å². The number of rotatable bonds is 32. The van der Waals surface area contributed by atoms with Gasteiger partial charge in [0.1, 0.15) is 13.9 Å². The molecule has 0 fully saturated rings. The predicted octanol–water partition coefficient (Wildman–Crippen LogP) is 5.15. The van der Waals surface area contributed by atoms with Gasteiger partial charge >= 0.3 is 22.8 Å². The molecule has 0 bridgehead atoms. The second kappa shape index (κ2) is 40.9. The van der Waals surface area contributed by atoms with Crippen LogP contribution in [0.15, 0.2) is 117 Å². The summed E-state index contributed by atoms with van der Waals surface area (Å²) in [5, 5.41) is 12.3. The van der Waals surface area contributed by atoms with Crippen LogP contribution in [-0.4, -0.2) is 197 Å². The van der Waals surface area contributed by atoms with E-state index in [2.05, 4.69) is 87.4 Å². The van der Waals surface area contributed by atoms with Crippen LogP contribution in [0.2, 0.25) is 0 Å². The number of hydrogen-bond donors (Lipinski definition) is 11. The van der Waals surface area contributed by atoms with Crippen molar-refractivity contribution in [1.82, 2.24) is 99.3 Å². The topological polar surface area (TPSA) is 495 Å². The van der Waals surface area contributed by atoms with Crippen LogP contribution in [-0.2, 0) is 51.7 Å². The summed E-state index contributed by atoms with van der Waals surface area (Å²) >= 11 is 0. The number of Topliss-reactive ketones (excluding diaryl/α,β-unsaturated/α-hetero) is 1. The van der Waals surface area contributed by atoms with E-state index in [1.165, 1.54) is 6.66 Å². The highest BCUT2D eigenvalue weighted by Gasteiger charge is 2.25. The minimum absolute atomic E-state index is 0.0135. The van der Waals surface area contributed by atoms with Crippen molar-refractivity contribution < 1.29 is 33.6 Å². The number of ether oxygens (including phenoxy) is 1. The molecule has 0 radical (unpaired) electrons. The van der Waals surface area contributed by atoms with Crippen LogP contribution in [0.3, 0.4) is 0 Å². The predicted molar refractivity (Wildman–Crippen MR) is 466 cm³/mol. The fraction of sp³-hybridized carbons (Fsp3) is 0.402. The Morgan fingerprint density at radius 3 is 1.19 bits per heavy atom. The lowest BCUT2D eigenvalue weighted by Gasteiger charge is -2.21. The van der Waals surface area contributed by atoms with Crippen LogP contribution in [0, 0.1) is 48.5 Å². The van der Waals surface area contributed by atoms with Crippen LogP contribution < -0.4 is 71.2 Å². The third kappa shape index (κ3) is 24.1. The van der Waals surface area contributed by atoms with Gasteiger partial charge in [0, 0.05) is 111 Å². The number of amides is 1. The molecule has 38 heteroatoms. The molecule has 11 N–H and O–H groups in total. The van der Waals surface area contributed by atoms with E-state index in [1.807, 2.05) is 160 Å². The van der Waals surface area contributed by atoms with E-state index in [0.717, 1.165) is 97.9 Å². The van der Waals surface area contributed by atoms with Crippen LogP contribution in [0.1, 0.15) is 95.9 Å². The first-order valence-electron chi connectivity index (χ1n) is 39.4. The van der Waals surface area contributed by atoms with Crippen molar-refractivity contribution in [3.05, 3.63) is 207 Å². The molecule has 13 rings (SSSR count). The van der Waals surface area contributed by atoms with Gasteiger partial charge in [0.05, 0.1) is 50.7 Å². The first kappa shape index (κ1) is 90.7. The number of anilines is 1. The number of fused-ring (bicyclic) bond motifs is 8. The number of benzene rings is 5. The Kier molecular flexibility index (Phi) is 30.9. The summed E-state index contributed by atoms with van der Waals surface area (Å²) in [6.45, 7) is 21.2. The third-order valence-electron chi connectivity index (χ3n) is 20.2. The van der Waals surface area contributed by atoms with Gasteiger partial charge in [-0.3, -0.25) is 53.3 Å². The standard InChI is InChI=1S/C26H29N5O4.C20H28N5O4P.C19H24N6O3.C17H22N5O4P/c1-17-13-21-22(14-18(17)2)31(24-23(28-21)25(33)30-26(34)29-24)12-11-27-10-6-9-20(32)16-35-15-19-7-4-3-5-8-19;1-13-11-14-16(12-15(13)24(2)3)25(9-7-5-6-8-10-30(4,28)29)18-17(21-14)19(26)23-20(27)22-18;1-11-9-13-14(10-12(11)2)25(8-7-21-6-4-5-15(26)20-3)17-16(22-13)18(27)24-19(28)23-17;1-10-8-12-13(9-11(10)2)22(6-4-18-5-7-27(3,25)26)15-14(19-12)16(23)21-17(24)20-15/h3-5,7-8,13-14,27H,6,9-12,15-16H2,1-2H3,(H,30,33,34);11-12H,5-10H2,1-4H3,(H,28,29)(H,23,26,27);9-10,21H,4-8H2,1-3H3,(H,20,26)(H,24,27,28);8-9,18,25-26H,3-7H2,1-2H3,(H,21,23,24). The molecule has 5 aromatic carbocycles. The molecule has 8 heterocycles. The second-order valence-electron chi connectivity index (χ2n) is 30.0. The summed E-state index contributed by atoms with van der Waals surface area (Å²) < 4.78 is 24.3. The van der Waals surface area contributed by atoms with E-state index in [1.54, 1.807) is 11.6 Å². The minimum Gasteiger partial charge on any atom is -0.377 e. The van der Waals surface area contributed by atoms with E-state index in [4.69, 9.17) is 4.74 Å². The quantitative estimate of drug-likeness (QED) is 0.0147. The van der Waals surface area contributed by atoms with Gasteiger partial charge in [-0.15, -0.1) is 0 Å². The number of aromatic amines is 4. The first-order valence-corrected chi connectivity index (χ1v) is 43.7. The molecule has 0 aromatic heterocycles. The largest absolute Gasteiger partial charge is 0.377 e. The molecule has 1 unspecified atom stereocenters. The molecule has 1 amide bonds. The smallest absolute Gasteiger partial charge is 0.349 e. The van der Waals surface area contributed by atoms with Crippen molar-refractivity contribution in [1.29, 1.82) is 0 Å². The Hall–Kier alpha value is -11.6. The van der Waals surface area contributed by atoms with Gasteiger partial charge in [-0.25, -0.2) is 39.1 Å². The Labute approximate surface area is 688 Å². The normalized spacial score (nSPS) is 12.1. The zero-order valence-electron chi connectivity index (χ0n) is 69.2. The Balaban J connectivity index is 0.000000169. The van der Waals surface area contributed by atoms with Crippen molar-refractivity contribution >= 4 is 82.5 Å². The molecule has 0 saturated heterocycles. The maximum Gasteiger partial charge on any atom is 0.349 e. The summed E-state index contributed by atoms with van der Waals surface area (Å²) in [5.41, 5.74) is 10.9. The number of carbonyl (C=O) groups is 2. The van der Waals surface area contributed by atoms with Gasteiger partial charge in [-0.2, -0.15) is 19.9 Å². The molecule has 0 aliphatic carbocycles. The number of nitrogens with zero attached hydrogens (tertiary/aromatic N) is 13. The molecule has 1 atom stereocenters. The molecule has 8 aliphatic rings. The van der Waals surface area contributed by atoms with Crippen molar-refractivity contribution in [2.45, 2.75) is 133 Å². The fourth-order valence-electron chi connectivity index (χ4n) is 13.5. The molecular weight excluding hydrogens is 1580 g/mol. The van der Waals surface area contributed by atoms with Crippen molar-refractivity contribution in [2.24, 2.45) is 0 Å². The number of hydrogen-bond acceptors (Lipinski definition) is 26. The van der Waals surface area contributed by atoms with Crippen LogP contribution >= 0.6 is 14.7 Å². The Morgan fingerprint density at radius 2 is 0.808 bits per heavy atom. The summed E-state index contributed by atoms with van der Waals surface area (Å²) in [5.74, 6) is 1.13. The van der Waals surface area contributed by atoms with Gasteiger partial charge in [0.25, 0.3) is 22.2 Å². The molecule has 0 saturated carbocycles. The highest BCUT2D eigenvalue weighted by molar-refractivity contribution is 7.62. The number of unbranched alkanes of at least 4 members (excludes halogenated alkanes) is 3. The van der Waals surface area contributed by atoms with Gasteiger partial charge in [-0.05, 0) is 180 Å². The maximum atomic E-state index is 12.4. The van der Waals surface area contributed by atoms with E-state index < -0.39 is 59.7 Å². The van der Waals surface area contributed by atoms with Crippen LogP contribution in [0.25, 0.3) is 90.2 Å². The van der Waals surface area contributed by atoms with Crippen molar-refractivity contribution in [3.63, 3.8) is 0 Å². The average Bonchev–Trinajstić information content (AvgIpc) is 0.772. The molecule has 5 aromatic rings. The third-order valence-corrected chi connectivity index (χ3v) is 22.3. The van der Waals surface area contributed by atoms with Gasteiger partial charge in [0.15, 0.2) is 59.2 Å². The molecule has 0 spiro atoms. The summed E-state index contributed by atoms with van der Waals surface area (Å²) in [4.78, 5) is 192. The van der Waals surface area contributed by atoms with Crippen LogP contribution in [0.5, 0.6) is 0 Å². The first-order chi connectivity index (χ1) is 57.0. The molecule has 120 heavy (non-hydrogen) atoms. The minimum atomic E-state index is -3.06. The highest BCUT2D eigenvalue weighted by Crippen LogP contribution is 2.37. The maximum absolute atomic E-state index is 12.4. The van der Waals surface area contributed by atoms with E-state index in [-0.39, 0.29) is 70.5 Å². The van der Waals surface area contributed by atoms with E-state index in [9.17, 15) is 67.2 Å². The monoisotopic (exact) mass is 1680 g/mol. The summed E-state index contributed by atoms with van der Waals surface area (Å²) in [6, 6.07) is 25.4. The summed E-state index contributed by atoms with van der Waals surface area (Å²) in [6.07, 6.45) is 9.32. The lowest BCUT2D eigenvalue weighted by Crippen LogP contribution is -2.30. The van der Waals surface area contributed by atoms with Gasteiger partial charge < -0.3 is 63.9 Å². The number of aryl methyl sites for hydroxylation is 8. The highest BCUT2D eigenvalue weighted by atomic mass is 31.2. The van der Waals surface area contributed by atoms with Gasteiger partial charge in [-0.1, -0.05) is 49.5 Å². The van der Waals surface area contributed by atoms with Crippen molar-refractivity contribution in [3.8, 4) is 46.1 Å². The number of carbonyl (C=O) groups excluding carboxylic acids is 2. The number of H-pyrrole nitrogens is 4. The zero-order chi connectivity index (χ0) is 86.9. The molecule has 636 valence electrons. The lowest BCUT2D eigenvalue weighted by molar-refractivity contribution is -0.124.